The van der Waals surface area contributed by atoms with Gasteiger partial charge >= 0.3 is 0 Å². The number of amides is 5. The molecule has 0 radical (unpaired) electrons. The molecule has 1 atom stereocenters. The number of aryl methyl sites for hydroxylation is 1. The predicted molar refractivity (Wildman–Crippen MR) is 112 cm³/mol. The monoisotopic (exact) mass is 415 g/mol. The summed E-state index contributed by atoms with van der Waals surface area (Å²) in [6.45, 7) is 3.82. The fraction of sp³-hybridized carbons (Fsp3) is 0.500. The molecule has 1 aliphatic heterocycles. The van der Waals surface area contributed by atoms with Crippen LogP contribution < -0.4 is 10.6 Å². The smallest absolute Gasteiger partial charge is 0.263 e. The van der Waals surface area contributed by atoms with Crippen LogP contribution in [0.2, 0.25) is 0 Å². The van der Waals surface area contributed by atoms with Crippen molar-refractivity contribution in [2.45, 2.75) is 71.3 Å². The van der Waals surface area contributed by atoms with Crippen molar-refractivity contribution >= 4 is 35.7 Å². The number of unbranched alkanes of at least 4 members (excludes halogenated alkanes) is 4. The third-order valence-corrected chi connectivity index (χ3v) is 5.16. The molecule has 1 aromatic rings. The second-order valence-electron chi connectivity index (χ2n) is 7.49. The largest absolute Gasteiger partial charge is 0.325 e. The van der Waals surface area contributed by atoms with Gasteiger partial charge in [0, 0.05) is 12.8 Å². The second kappa shape index (κ2) is 11.2. The van der Waals surface area contributed by atoms with Crippen molar-refractivity contribution in [3.8, 4) is 0 Å². The van der Waals surface area contributed by atoms with Gasteiger partial charge < -0.3 is 5.32 Å². The molecule has 8 heteroatoms. The maximum atomic E-state index is 13.1. The fourth-order valence-electron chi connectivity index (χ4n) is 3.50. The molecular weight excluding hydrogens is 386 g/mol. The van der Waals surface area contributed by atoms with Gasteiger partial charge in [-0.15, -0.1) is 0 Å². The Hall–Kier alpha value is -3.03. The molecule has 1 aromatic carbocycles. The summed E-state index contributed by atoms with van der Waals surface area (Å²) in [5.74, 6) is -2.00. The van der Waals surface area contributed by atoms with Gasteiger partial charge in [0.25, 0.3) is 5.91 Å². The van der Waals surface area contributed by atoms with Crippen molar-refractivity contribution in [3.63, 3.8) is 0 Å². The van der Waals surface area contributed by atoms with Crippen LogP contribution in [0.25, 0.3) is 0 Å². The maximum Gasteiger partial charge on any atom is 0.263 e. The topological polar surface area (TPSA) is 113 Å². The van der Waals surface area contributed by atoms with Crippen LogP contribution in [0.15, 0.2) is 18.2 Å². The molecule has 8 nitrogen and oxygen atoms in total. The van der Waals surface area contributed by atoms with Gasteiger partial charge in [0.1, 0.15) is 6.04 Å². The summed E-state index contributed by atoms with van der Waals surface area (Å²) in [6, 6.07) is 3.94. The Balaban J connectivity index is 2.15. The Bertz CT molecular complexity index is 821. The molecule has 0 saturated carbocycles. The summed E-state index contributed by atoms with van der Waals surface area (Å²) >= 11 is 0. The maximum absolute atomic E-state index is 13.1. The Morgan fingerprint density at radius 3 is 2.60 bits per heavy atom. The Kier molecular flexibility index (Phi) is 8.70. The van der Waals surface area contributed by atoms with Gasteiger partial charge in [-0.25, -0.2) is 0 Å². The van der Waals surface area contributed by atoms with Crippen molar-refractivity contribution in [2.24, 2.45) is 0 Å². The van der Waals surface area contributed by atoms with E-state index in [0.29, 0.717) is 24.1 Å². The first kappa shape index (κ1) is 23.3. The molecule has 0 bridgehead atoms. The van der Waals surface area contributed by atoms with E-state index in [0.717, 1.165) is 37.0 Å². The van der Waals surface area contributed by atoms with E-state index in [1.807, 2.05) is 0 Å². The fourth-order valence-corrected chi connectivity index (χ4v) is 3.50. The number of carbonyl (C=O) groups is 5. The quantitative estimate of drug-likeness (QED) is 0.347. The van der Waals surface area contributed by atoms with Gasteiger partial charge in [-0.3, -0.25) is 34.2 Å². The second-order valence-corrected chi connectivity index (χ2v) is 7.49. The van der Waals surface area contributed by atoms with E-state index in [1.54, 1.807) is 25.1 Å². The lowest BCUT2D eigenvalue weighted by Crippen LogP contribution is -2.54. The predicted octanol–water partition coefficient (Wildman–Crippen LogP) is 2.70. The highest BCUT2D eigenvalue weighted by atomic mass is 16.2. The molecule has 0 aliphatic carbocycles. The van der Waals surface area contributed by atoms with E-state index >= 15 is 0 Å². The molecule has 1 aliphatic rings. The van der Waals surface area contributed by atoms with Crippen molar-refractivity contribution < 1.29 is 24.0 Å². The van der Waals surface area contributed by atoms with Crippen LogP contribution in [0.1, 0.15) is 74.2 Å². The van der Waals surface area contributed by atoms with Crippen LogP contribution in [0.3, 0.4) is 0 Å². The number of rotatable bonds is 10. The third kappa shape index (κ3) is 5.98. The van der Waals surface area contributed by atoms with Crippen LogP contribution in [0.5, 0.6) is 0 Å². The Labute approximate surface area is 176 Å². The number of hydrogen-bond donors (Lipinski definition) is 2. The number of nitrogens with zero attached hydrogens (tertiary/aromatic N) is 1. The number of carbonyl (C=O) groups excluding carboxylic acids is 5. The van der Waals surface area contributed by atoms with Gasteiger partial charge in [0.2, 0.25) is 24.1 Å². The minimum atomic E-state index is -1.06. The zero-order valence-electron chi connectivity index (χ0n) is 17.5. The number of benzene rings is 1. The van der Waals surface area contributed by atoms with Crippen molar-refractivity contribution in [2.75, 3.05) is 5.32 Å². The highest BCUT2D eigenvalue weighted by Gasteiger charge is 2.36. The van der Waals surface area contributed by atoms with E-state index in [9.17, 15) is 24.0 Å². The normalized spacial score (nSPS) is 16.0. The van der Waals surface area contributed by atoms with Crippen molar-refractivity contribution in [3.05, 3.63) is 29.3 Å². The number of imide groups is 2. The molecule has 0 spiro atoms. The lowest BCUT2D eigenvalue weighted by atomic mass is 10.0. The first-order valence-electron chi connectivity index (χ1n) is 10.4. The summed E-state index contributed by atoms with van der Waals surface area (Å²) in [5, 5.41) is 4.92. The standard InChI is InChI=1S/C22H29N3O5/c1-3-4-5-6-7-11-18(27)23-16-10-8-9-15(2)20(16)22(30)25(14-26)17-12-13-19(28)24-21(17)29/h8-10,14,17H,3-7,11-13H2,1-2H3,(H,23,27)(H,24,28,29). The highest BCUT2D eigenvalue weighted by Crippen LogP contribution is 2.24. The summed E-state index contributed by atoms with van der Waals surface area (Å²) < 4.78 is 0. The molecule has 30 heavy (non-hydrogen) atoms. The first-order valence-corrected chi connectivity index (χ1v) is 10.4. The van der Waals surface area contributed by atoms with E-state index in [2.05, 4.69) is 17.6 Å². The molecule has 0 aromatic heterocycles. The zero-order chi connectivity index (χ0) is 22.1. The van der Waals surface area contributed by atoms with E-state index in [1.165, 1.54) is 0 Å². The Morgan fingerprint density at radius 1 is 1.20 bits per heavy atom. The molecule has 2 rings (SSSR count). The molecule has 1 fully saturated rings. The lowest BCUT2D eigenvalue weighted by Gasteiger charge is -2.29. The number of hydrogen-bond acceptors (Lipinski definition) is 5. The number of nitrogens with one attached hydrogen (secondary N) is 2. The average molecular weight is 415 g/mol. The number of anilines is 1. The van der Waals surface area contributed by atoms with Gasteiger partial charge in [0.05, 0.1) is 11.3 Å². The minimum absolute atomic E-state index is 0.0451. The van der Waals surface area contributed by atoms with Crippen molar-refractivity contribution in [1.82, 2.24) is 10.2 Å². The summed E-state index contributed by atoms with van der Waals surface area (Å²) in [7, 11) is 0. The van der Waals surface area contributed by atoms with E-state index in [-0.39, 0.29) is 24.3 Å². The van der Waals surface area contributed by atoms with E-state index < -0.39 is 23.8 Å². The molecular formula is C22H29N3O5. The molecule has 1 unspecified atom stereocenters. The summed E-state index contributed by atoms with van der Waals surface area (Å²) in [5.41, 5.74) is 1.03. The minimum Gasteiger partial charge on any atom is -0.325 e. The number of piperidine rings is 1. The van der Waals surface area contributed by atoms with Gasteiger partial charge in [-0.2, -0.15) is 0 Å². The lowest BCUT2D eigenvalue weighted by molar-refractivity contribution is -0.139. The summed E-state index contributed by atoms with van der Waals surface area (Å²) in [6.07, 6.45) is 5.83. The van der Waals surface area contributed by atoms with E-state index in [4.69, 9.17) is 0 Å². The van der Waals surface area contributed by atoms with Crippen LogP contribution in [-0.2, 0) is 19.2 Å². The third-order valence-electron chi connectivity index (χ3n) is 5.16. The summed E-state index contributed by atoms with van der Waals surface area (Å²) in [4.78, 5) is 61.5. The van der Waals surface area contributed by atoms with Gasteiger partial charge in [0.15, 0.2) is 0 Å². The first-order chi connectivity index (χ1) is 14.4. The van der Waals surface area contributed by atoms with Gasteiger partial charge in [-0.1, -0.05) is 44.7 Å². The van der Waals surface area contributed by atoms with Crippen LogP contribution in [0.4, 0.5) is 5.69 Å². The molecule has 162 valence electrons. The molecule has 5 amide bonds. The molecule has 1 heterocycles. The van der Waals surface area contributed by atoms with Crippen LogP contribution in [-0.4, -0.2) is 41.0 Å². The Morgan fingerprint density at radius 2 is 1.93 bits per heavy atom. The van der Waals surface area contributed by atoms with Crippen LogP contribution in [0, 0.1) is 6.92 Å². The van der Waals surface area contributed by atoms with Gasteiger partial charge in [-0.05, 0) is 31.4 Å². The molecule has 2 N–H and O–H groups in total. The van der Waals surface area contributed by atoms with Crippen LogP contribution >= 0.6 is 0 Å². The highest BCUT2D eigenvalue weighted by molar-refractivity contribution is 6.11. The van der Waals surface area contributed by atoms with Crippen molar-refractivity contribution in [1.29, 1.82) is 0 Å². The zero-order valence-corrected chi connectivity index (χ0v) is 17.5. The molecule has 1 saturated heterocycles. The SMILES string of the molecule is CCCCCCCC(=O)Nc1cccc(C)c1C(=O)N(C=O)C1CCC(=O)NC1=O. The average Bonchev–Trinajstić information content (AvgIpc) is 2.70.